The van der Waals surface area contributed by atoms with Crippen molar-refractivity contribution in [1.82, 2.24) is 9.88 Å². The monoisotopic (exact) mass is 309 g/mol. The number of anilines is 1. The largest absolute Gasteiger partial charge is 0.370 e. The average Bonchev–Trinajstić information content (AvgIpc) is 2.63. The van der Waals surface area contributed by atoms with Crippen LogP contribution in [0.15, 0.2) is 48.7 Å². The molecule has 120 valence electrons. The molecule has 1 aromatic heterocycles. The summed E-state index contributed by atoms with van der Waals surface area (Å²) in [5.41, 5.74) is 1.98. The van der Waals surface area contributed by atoms with Gasteiger partial charge < -0.3 is 10.2 Å². The fraction of sp³-hybridized carbons (Fsp3) is 0.368. The number of benzene rings is 1. The molecule has 1 aliphatic heterocycles. The zero-order chi connectivity index (χ0) is 15.9. The molecule has 0 bridgehead atoms. The molecule has 1 saturated heterocycles. The van der Waals surface area contributed by atoms with Gasteiger partial charge in [0.05, 0.1) is 5.56 Å². The molecule has 4 heteroatoms. The second-order valence-corrected chi connectivity index (χ2v) is 5.95. The first-order valence-electron chi connectivity index (χ1n) is 8.36. The molecule has 0 aliphatic carbocycles. The number of amides is 1. The van der Waals surface area contributed by atoms with E-state index in [9.17, 15) is 4.79 Å². The van der Waals surface area contributed by atoms with Crippen LogP contribution < -0.4 is 5.32 Å². The van der Waals surface area contributed by atoms with Crippen molar-refractivity contribution in [3.63, 3.8) is 0 Å². The third-order valence-electron chi connectivity index (χ3n) is 4.22. The van der Waals surface area contributed by atoms with Crippen molar-refractivity contribution in [2.75, 3.05) is 25.0 Å². The van der Waals surface area contributed by atoms with E-state index in [0.717, 1.165) is 44.7 Å². The summed E-state index contributed by atoms with van der Waals surface area (Å²) < 4.78 is 0. The lowest BCUT2D eigenvalue weighted by atomic mass is 10.1. The second kappa shape index (κ2) is 7.77. The van der Waals surface area contributed by atoms with E-state index in [-0.39, 0.29) is 5.91 Å². The van der Waals surface area contributed by atoms with Crippen LogP contribution in [0.25, 0.3) is 0 Å². The highest BCUT2D eigenvalue weighted by Gasteiger charge is 2.18. The van der Waals surface area contributed by atoms with Crippen molar-refractivity contribution >= 4 is 11.7 Å². The van der Waals surface area contributed by atoms with E-state index in [4.69, 9.17) is 0 Å². The van der Waals surface area contributed by atoms with Crippen LogP contribution in [-0.4, -0.2) is 35.4 Å². The molecule has 1 fully saturated rings. The number of piperidine rings is 1. The summed E-state index contributed by atoms with van der Waals surface area (Å²) in [5, 5.41) is 3.30. The van der Waals surface area contributed by atoms with Crippen molar-refractivity contribution in [3.05, 3.63) is 59.8 Å². The van der Waals surface area contributed by atoms with Gasteiger partial charge in [-0.25, -0.2) is 4.98 Å². The van der Waals surface area contributed by atoms with Crippen LogP contribution >= 0.6 is 0 Å². The van der Waals surface area contributed by atoms with Crippen LogP contribution in [0.4, 0.5) is 5.82 Å². The van der Waals surface area contributed by atoms with Gasteiger partial charge in [0.15, 0.2) is 0 Å². The first kappa shape index (κ1) is 15.5. The van der Waals surface area contributed by atoms with E-state index in [1.807, 2.05) is 23.1 Å². The topological polar surface area (TPSA) is 45.2 Å². The molecular formula is C19H23N3O. The minimum absolute atomic E-state index is 0.105. The summed E-state index contributed by atoms with van der Waals surface area (Å²) in [6, 6.07) is 14.1. The highest BCUT2D eigenvalue weighted by molar-refractivity contribution is 5.94. The van der Waals surface area contributed by atoms with Gasteiger partial charge in [-0.2, -0.15) is 0 Å². The van der Waals surface area contributed by atoms with Crippen LogP contribution in [0.3, 0.4) is 0 Å². The van der Waals surface area contributed by atoms with Crippen LogP contribution in [0.1, 0.15) is 35.2 Å². The molecule has 0 saturated carbocycles. The number of rotatable bonds is 5. The minimum Gasteiger partial charge on any atom is -0.370 e. The number of hydrogen-bond acceptors (Lipinski definition) is 3. The summed E-state index contributed by atoms with van der Waals surface area (Å²) >= 11 is 0. The van der Waals surface area contributed by atoms with E-state index in [1.54, 1.807) is 6.20 Å². The molecule has 4 nitrogen and oxygen atoms in total. The van der Waals surface area contributed by atoms with Gasteiger partial charge in [-0.3, -0.25) is 4.79 Å². The van der Waals surface area contributed by atoms with Crippen LogP contribution in [0.2, 0.25) is 0 Å². The molecule has 23 heavy (non-hydrogen) atoms. The normalized spacial score (nSPS) is 14.5. The number of pyridine rings is 1. The molecular weight excluding hydrogens is 286 g/mol. The van der Waals surface area contributed by atoms with Gasteiger partial charge >= 0.3 is 0 Å². The molecule has 1 N–H and O–H groups in total. The number of carbonyl (C=O) groups excluding carboxylic acids is 1. The first-order chi connectivity index (χ1) is 11.3. The lowest BCUT2D eigenvalue weighted by Crippen LogP contribution is -2.35. The third kappa shape index (κ3) is 4.31. The number of likely N-dealkylation sites (tertiary alicyclic amines) is 1. The molecule has 2 aromatic rings. The summed E-state index contributed by atoms with van der Waals surface area (Å²) in [4.78, 5) is 18.7. The van der Waals surface area contributed by atoms with Crippen LogP contribution in [-0.2, 0) is 6.42 Å². The maximum absolute atomic E-state index is 12.4. The van der Waals surface area contributed by atoms with Crippen molar-refractivity contribution in [2.24, 2.45) is 0 Å². The zero-order valence-corrected chi connectivity index (χ0v) is 13.4. The van der Waals surface area contributed by atoms with Crippen molar-refractivity contribution in [2.45, 2.75) is 25.7 Å². The van der Waals surface area contributed by atoms with E-state index in [0.29, 0.717) is 5.56 Å². The predicted molar refractivity (Wildman–Crippen MR) is 92.6 cm³/mol. The van der Waals surface area contributed by atoms with Gasteiger partial charge in [0.2, 0.25) is 0 Å². The third-order valence-corrected chi connectivity index (χ3v) is 4.22. The van der Waals surface area contributed by atoms with Gasteiger partial charge in [-0.1, -0.05) is 30.3 Å². The molecule has 0 spiro atoms. The number of nitrogens with zero attached hydrogens (tertiary/aromatic N) is 2. The Kier molecular flexibility index (Phi) is 5.25. The Balaban J connectivity index is 1.51. The SMILES string of the molecule is O=C(c1ccc(NCCc2ccccc2)nc1)N1CCCCC1. The van der Waals surface area contributed by atoms with Crippen molar-refractivity contribution in [1.29, 1.82) is 0 Å². The van der Waals surface area contributed by atoms with E-state index < -0.39 is 0 Å². The van der Waals surface area contributed by atoms with Crippen LogP contribution in [0, 0.1) is 0 Å². The number of carbonyl (C=O) groups is 1. The van der Waals surface area contributed by atoms with E-state index in [1.165, 1.54) is 12.0 Å². The number of hydrogen-bond donors (Lipinski definition) is 1. The highest BCUT2D eigenvalue weighted by Crippen LogP contribution is 2.14. The smallest absolute Gasteiger partial charge is 0.255 e. The second-order valence-electron chi connectivity index (χ2n) is 5.95. The summed E-state index contributed by atoms with van der Waals surface area (Å²) in [6.45, 7) is 2.57. The molecule has 1 aliphatic rings. The molecule has 0 radical (unpaired) electrons. The lowest BCUT2D eigenvalue weighted by molar-refractivity contribution is 0.0724. The zero-order valence-electron chi connectivity index (χ0n) is 13.4. The quantitative estimate of drug-likeness (QED) is 0.921. The molecule has 0 unspecified atom stereocenters. The van der Waals surface area contributed by atoms with Gasteiger partial charge in [0.25, 0.3) is 5.91 Å². The molecule has 0 atom stereocenters. The van der Waals surface area contributed by atoms with Crippen LogP contribution in [0.5, 0.6) is 0 Å². The Morgan fingerprint density at radius 1 is 1.04 bits per heavy atom. The Morgan fingerprint density at radius 3 is 2.52 bits per heavy atom. The highest BCUT2D eigenvalue weighted by atomic mass is 16.2. The van der Waals surface area contributed by atoms with Gasteiger partial charge in [0, 0.05) is 25.8 Å². The lowest BCUT2D eigenvalue weighted by Gasteiger charge is -2.26. The molecule has 2 heterocycles. The summed E-state index contributed by atoms with van der Waals surface area (Å²) in [7, 11) is 0. The molecule has 3 rings (SSSR count). The molecule has 1 aromatic carbocycles. The fourth-order valence-electron chi connectivity index (χ4n) is 2.88. The summed E-state index contributed by atoms with van der Waals surface area (Å²) in [5.74, 6) is 0.921. The van der Waals surface area contributed by atoms with Crippen molar-refractivity contribution < 1.29 is 4.79 Å². The summed E-state index contributed by atoms with van der Waals surface area (Å²) in [6.07, 6.45) is 6.08. The van der Waals surface area contributed by atoms with Gasteiger partial charge in [-0.15, -0.1) is 0 Å². The van der Waals surface area contributed by atoms with Gasteiger partial charge in [-0.05, 0) is 43.4 Å². The minimum atomic E-state index is 0.105. The molecule has 1 amide bonds. The first-order valence-corrected chi connectivity index (χ1v) is 8.36. The average molecular weight is 309 g/mol. The number of nitrogens with one attached hydrogen (secondary N) is 1. The van der Waals surface area contributed by atoms with Gasteiger partial charge in [0.1, 0.15) is 5.82 Å². The van der Waals surface area contributed by atoms with E-state index >= 15 is 0 Å². The Labute approximate surface area is 137 Å². The Bertz CT molecular complexity index is 619. The predicted octanol–water partition coefficient (Wildman–Crippen LogP) is 3.36. The maximum Gasteiger partial charge on any atom is 0.255 e. The van der Waals surface area contributed by atoms with Crippen molar-refractivity contribution in [3.8, 4) is 0 Å². The maximum atomic E-state index is 12.4. The number of aromatic nitrogens is 1. The fourth-order valence-corrected chi connectivity index (χ4v) is 2.88. The standard InChI is InChI=1S/C19H23N3O/c23-19(22-13-5-2-6-14-22)17-9-10-18(21-15-17)20-12-11-16-7-3-1-4-8-16/h1,3-4,7-10,15H,2,5-6,11-14H2,(H,20,21). The van der Waals surface area contributed by atoms with E-state index in [2.05, 4.69) is 34.6 Å². The Hall–Kier alpha value is -2.36. The Morgan fingerprint density at radius 2 is 1.83 bits per heavy atom.